The Balaban J connectivity index is 1.53. The Hall–Kier alpha value is -2.27. The highest BCUT2D eigenvalue weighted by atomic mass is 16.4. The summed E-state index contributed by atoms with van der Waals surface area (Å²) in [7, 11) is 0. The van der Waals surface area contributed by atoms with E-state index in [0.717, 1.165) is 37.9 Å². The molecule has 2 aromatic rings. The fourth-order valence-electron chi connectivity index (χ4n) is 4.72. The van der Waals surface area contributed by atoms with Gasteiger partial charge in [-0.25, -0.2) is 9.97 Å². The Labute approximate surface area is 147 Å². The first-order valence-corrected chi connectivity index (χ1v) is 8.92. The number of hydrogen-bond acceptors (Lipinski definition) is 4. The summed E-state index contributed by atoms with van der Waals surface area (Å²) < 4.78 is 0. The van der Waals surface area contributed by atoms with Crippen molar-refractivity contribution in [3.8, 4) is 0 Å². The second kappa shape index (κ2) is 6.56. The van der Waals surface area contributed by atoms with Gasteiger partial charge in [-0.15, -0.1) is 0 Å². The molecule has 130 valence electrons. The first-order chi connectivity index (χ1) is 12.2. The van der Waals surface area contributed by atoms with Gasteiger partial charge >= 0.3 is 5.97 Å². The minimum atomic E-state index is -0.629. The molecule has 2 aliphatic rings. The molecule has 0 spiro atoms. The van der Waals surface area contributed by atoms with Crippen LogP contribution in [0.25, 0.3) is 0 Å². The molecule has 0 amide bonds. The summed E-state index contributed by atoms with van der Waals surface area (Å²) in [6.07, 6.45) is 7.82. The van der Waals surface area contributed by atoms with E-state index >= 15 is 0 Å². The van der Waals surface area contributed by atoms with Crippen molar-refractivity contribution in [1.82, 2.24) is 14.9 Å². The van der Waals surface area contributed by atoms with Crippen molar-refractivity contribution in [3.63, 3.8) is 0 Å². The van der Waals surface area contributed by atoms with Gasteiger partial charge in [0.05, 0.1) is 5.41 Å². The maximum atomic E-state index is 12.1. The number of hydrogen-bond donors (Lipinski definition) is 1. The molecule has 1 saturated carbocycles. The average Bonchev–Trinajstić information content (AvgIpc) is 3.01. The van der Waals surface area contributed by atoms with Gasteiger partial charge in [0.15, 0.2) is 0 Å². The Bertz CT molecular complexity index is 737. The van der Waals surface area contributed by atoms with E-state index in [4.69, 9.17) is 0 Å². The highest BCUT2D eigenvalue weighted by molar-refractivity contribution is 5.76. The second-order valence-electron chi connectivity index (χ2n) is 7.46. The second-order valence-corrected chi connectivity index (χ2v) is 7.46. The van der Waals surface area contributed by atoms with Crippen LogP contribution in [-0.4, -0.2) is 39.0 Å². The Morgan fingerprint density at radius 1 is 1.24 bits per heavy atom. The first-order valence-electron chi connectivity index (χ1n) is 8.92. The lowest BCUT2D eigenvalue weighted by Gasteiger charge is -2.38. The average molecular weight is 337 g/mol. The monoisotopic (exact) mass is 337 g/mol. The van der Waals surface area contributed by atoms with Crippen LogP contribution in [0.1, 0.15) is 36.3 Å². The van der Waals surface area contributed by atoms with E-state index in [9.17, 15) is 9.90 Å². The quantitative estimate of drug-likeness (QED) is 0.929. The summed E-state index contributed by atoms with van der Waals surface area (Å²) in [5.41, 5.74) is 1.79. The van der Waals surface area contributed by atoms with Crippen molar-refractivity contribution < 1.29 is 9.90 Å². The summed E-state index contributed by atoms with van der Waals surface area (Å²) in [6, 6.07) is 10.5. The van der Waals surface area contributed by atoms with Crippen molar-refractivity contribution in [2.24, 2.45) is 11.3 Å². The van der Waals surface area contributed by atoms with Gasteiger partial charge in [-0.05, 0) is 36.7 Å². The Morgan fingerprint density at radius 3 is 2.72 bits per heavy atom. The maximum absolute atomic E-state index is 12.1. The molecule has 5 nitrogen and oxygen atoms in total. The van der Waals surface area contributed by atoms with Gasteiger partial charge in [-0.2, -0.15) is 0 Å². The van der Waals surface area contributed by atoms with E-state index in [1.807, 2.05) is 18.5 Å². The van der Waals surface area contributed by atoms with E-state index in [0.29, 0.717) is 12.5 Å². The molecule has 1 N–H and O–H groups in total. The van der Waals surface area contributed by atoms with E-state index < -0.39 is 11.4 Å². The maximum Gasteiger partial charge on any atom is 0.311 e. The van der Waals surface area contributed by atoms with Gasteiger partial charge in [0.2, 0.25) is 0 Å². The standard InChI is InChI=1S/C20H23N3O2/c24-19(25)20-7-6-17(16-4-2-1-3-5-16)8-18(20)12-23(13-20)11-15-9-21-14-22-10-15/h1-5,9-10,14,17-18H,6-8,11-13H2,(H,24,25)/t17?,18-,20-/m0/s1. The largest absolute Gasteiger partial charge is 0.481 e. The predicted molar refractivity (Wildman–Crippen MR) is 93.9 cm³/mol. The molecule has 0 bridgehead atoms. The molecule has 1 aliphatic heterocycles. The summed E-state index contributed by atoms with van der Waals surface area (Å²) in [5, 5.41) is 9.99. The minimum Gasteiger partial charge on any atom is -0.481 e. The van der Waals surface area contributed by atoms with Crippen LogP contribution in [-0.2, 0) is 11.3 Å². The number of aromatic nitrogens is 2. The van der Waals surface area contributed by atoms with Crippen molar-refractivity contribution in [2.45, 2.75) is 31.7 Å². The molecule has 1 saturated heterocycles. The predicted octanol–water partition coefficient (Wildman–Crippen LogP) is 2.95. The lowest BCUT2D eigenvalue weighted by atomic mass is 9.64. The van der Waals surface area contributed by atoms with Crippen LogP contribution in [0, 0.1) is 11.3 Å². The van der Waals surface area contributed by atoms with Crippen molar-refractivity contribution in [3.05, 3.63) is 60.2 Å². The van der Waals surface area contributed by atoms with Crippen LogP contribution < -0.4 is 0 Å². The van der Waals surface area contributed by atoms with Gasteiger partial charge in [-0.1, -0.05) is 30.3 Å². The zero-order valence-corrected chi connectivity index (χ0v) is 14.2. The fourth-order valence-corrected chi connectivity index (χ4v) is 4.72. The number of fused-ring (bicyclic) bond motifs is 1. The SMILES string of the molecule is O=C(O)[C@]12CCC(c3ccccc3)C[C@H]1CN(Cc1cncnc1)C2. The molecule has 0 radical (unpaired) electrons. The summed E-state index contributed by atoms with van der Waals surface area (Å²) in [5.74, 6) is 0.0445. The lowest BCUT2D eigenvalue weighted by molar-refractivity contribution is -0.152. The molecule has 1 aliphatic carbocycles. The molecule has 1 aromatic carbocycles. The highest BCUT2D eigenvalue weighted by Gasteiger charge is 2.54. The smallest absolute Gasteiger partial charge is 0.311 e. The lowest BCUT2D eigenvalue weighted by Crippen LogP contribution is -2.42. The molecule has 4 rings (SSSR count). The van der Waals surface area contributed by atoms with Crippen LogP contribution >= 0.6 is 0 Å². The number of carbonyl (C=O) groups is 1. The Kier molecular flexibility index (Phi) is 4.25. The number of benzene rings is 1. The normalized spacial score (nSPS) is 29.3. The molecule has 1 unspecified atom stereocenters. The molecule has 2 fully saturated rings. The van der Waals surface area contributed by atoms with Crippen molar-refractivity contribution >= 4 is 5.97 Å². The van der Waals surface area contributed by atoms with E-state index in [2.05, 4.69) is 39.1 Å². The molecule has 25 heavy (non-hydrogen) atoms. The minimum absolute atomic E-state index is 0.202. The van der Waals surface area contributed by atoms with Crippen LogP contribution in [0.4, 0.5) is 0 Å². The number of nitrogens with zero attached hydrogens (tertiary/aromatic N) is 3. The Morgan fingerprint density at radius 2 is 2.00 bits per heavy atom. The zero-order chi connectivity index (χ0) is 17.3. The number of likely N-dealkylation sites (tertiary alicyclic amines) is 1. The van der Waals surface area contributed by atoms with E-state index in [1.54, 1.807) is 0 Å². The van der Waals surface area contributed by atoms with Crippen LogP contribution in [0.5, 0.6) is 0 Å². The third kappa shape index (κ3) is 3.04. The number of aliphatic carboxylic acids is 1. The van der Waals surface area contributed by atoms with Gasteiger partial charge in [0.25, 0.3) is 0 Å². The fraction of sp³-hybridized carbons (Fsp3) is 0.450. The molecular weight excluding hydrogens is 314 g/mol. The van der Waals surface area contributed by atoms with Gasteiger partial charge < -0.3 is 5.11 Å². The molecule has 1 aromatic heterocycles. The van der Waals surface area contributed by atoms with E-state index in [-0.39, 0.29) is 5.92 Å². The highest BCUT2D eigenvalue weighted by Crippen LogP contribution is 2.51. The topological polar surface area (TPSA) is 66.3 Å². The van der Waals surface area contributed by atoms with E-state index in [1.165, 1.54) is 11.9 Å². The van der Waals surface area contributed by atoms with Gasteiger partial charge in [0, 0.05) is 37.6 Å². The summed E-state index contributed by atoms with van der Waals surface area (Å²) >= 11 is 0. The molecule has 5 heteroatoms. The molecule has 2 heterocycles. The third-order valence-corrected chi connectivity index (χ3v) is 5.99. The zero-order valence-electron chi connectivity index (χ0n) is 14.2. The molecule has 3 atom stereocenters. The molecular formula is C20H23N3O2. The van der Waals surface area contributed by atoms with Crippen molar-refractivity contribution in [1.29, 1.82) is 0 Å². The summed E-state index contributed by atoms with van der Waals surface area (Å²) in [6.45, 7) is 2.19. The number of rotatable bonds is 4. The van der Waals surface area contributed by atoms with Gasteiger partial charge in [-0.3, -0.25) is 9.69 Å². The number of carboxylic acid groups (broad SMARTS) is 1. The third-order valence-electron chi connectivity index (χ3n) is 5.99. The van der Waals surface area contributed by atoms with Gasteiger partial charge in [0.1, 0.15) is 6.33 Å². The first kappa shape index (κ1) is 16.2. The van der Waals surface area contributed by atoms with Crippen LogP contribution in [0.3, 0.4) is 0 Å². The number of carboxylic acids is 1. The summed E-state index contributed by atoms with van der Waals surface area (Å²) in [4.78, 5) is 22.6. The van der Waals surface area contributed by atoms with Crippen LogP contribution in [0.15, 0.2) is 49.1 Å². The van der Waals surface area contributed by atoms with Crippen LogP contribution in [0.2, 0.25) is 0 Å². The van der Waals surface area contributed by atoms with Crippen molar-refractivity contribution in [2.75, 3.05) is 13.1 Å².